The average molecular weight is 1220 g/mol. The van der Waals surface area contributed by atoms with Crippen LogP contribution >= 0.6 is 0 Å². The molecule has 6 N–H and O–H groups in total. The molecule has 0 aromatic rings. The predicted octanol–water partition coefficient (Wildman–Crippen LogP) is 19.9. The van der Waals surface area contributed by atoms with Crippen LogP contribution in [0.15, 0.2) is 158 Å². The highest BCUT2D eigenvalue weighted by molar-refractivity contribution is 5.76. The van der Waals surface area contributed by atoms with Crippen LogP contribution in [0.25, 0.3) is 0 Å². The fourth-order valence-electron chi connectivity index (χ4n) is 10.3. The second-order valence-electron chi connectivity index (χ2n) is 23.9. The minimum Gasteiger partial charge on any atom is -0.394 e. The Morgan fingerprint density at radius 3 is 1.09 bits per heavy atom. The van der Waals surface area contributed by atoms with E-state index in [1.807, 2.05) is 6.08 Å². The molecule has 7 unspecified atom stereocenters. The van der Waals surface area contributed by atoms with Gasteiger partial charge in [0.05, 0.1) is 25.4 Å². The van der Waals surface area contributed by atoms with Gasteiger partial charge in [0.2, 0.25) is 5.91 Å². The summed E-state index contributed by atoms with van der Waals surface area (Å²) in [7, 11) is 0. The topological polar surface area (TPSA) is 149 Å². The number of carbonyl (C=O) groups excluding carboxylic acids is 1. The van der Waals surface area contributed by atoms with E-state index in [4.69, 9.17) is 9.47 Å². The average Bonchev–Trinajstić information content (AvgIpc) is 3.65. The van der Waals surface area contributed by atoms with E-state index < -0.39 is 49.5 Å². The summed E-state index contributed by atoms with van der Waals surface area (Å²) in [5.74, 6) is -0.210. The lowest BCUT2D eigenvalue weighted by atomic mass is 9.99. The predicted molar refractivity (Wildman–Crippen MR) is 377 cm³/mol. The SMILES string of the molecule is CC/C=C\C/C=C\C/C=C\C/C=C\C/C=C\C/C=C\C/C=C\C/C=C\C/C=C\C/C=C\C/C=C\CCCCCCCC(=O)NC(COC1OC(CO)C(O)C(O)C1O)C(O)/C=C/CC/C=C/CCCCCCCCCCCCCCCCCCCCCC. The summed E-state index contributed by atoms with van der Waals surface area (Å²) in [5.41, 5.74) is 0. The Morgan fingerprint density at radius 2 is 0.716 bits per heavy atom. The van der Waals surface area contributed by atoms with Gasteiger partial charge in [0.1, 0.15) is 24.4 Å². The highest BCUT2D eigenvalue weighted by Crippen LogP contribution is 2.23. The summed E-state index contributed by atoms with van der Waals surface area (Å²) >= 11 is 0. The third kappa shape index (κ3) is 53.6. The number of aliphatic hydroxyl groups excluding tert-OH is 5. The van der Waals surface area contributed by atoms with Crippen molar-refractivity contribution < 1.29 is 39.8 Å². The van der Waals surface area contributed by atoms with Crippen molar-refractivity contribution in [2.45, 2.75) is 320 Å². The lowest BCUT2D eigenvalue weighted by Gasteiger charge is -2.40. The molecular formula is C79H131NO8. The van der Waals surface area contributed by atoms with Crippen LogP contribution in [0.1, 0.15) is 277 Å². The first-order valence-electron chi connectivity index (χ1n) is 35.7. The van der Waals surface area contributed by atoms with Gasteiger partial charge in [-0.1, -0.05) is 313 Å². The van der Waals surface area contributed by atoms with Gasteiger partial charge in [-0.2, -0.15) is 0 Å². The number of ether oxygens (including phenoxy) is 2. The summed E-state index contributed by atoms with van der Waals surface area (Å²) in [4.78, 5) is 13.1. The first-order chi connectivity index (χ1) is 43.3. The number of aliphatic hydroxyl groups is 5. The van der Waals surface area contributed by atoms with Crippen molar-refractivity contribution in [2.24, 2.45) is 0 Å². The van der Waals surface area contributed by atoms with Gasteiger partial charge in [-0.15, -0.1) is 0 Å². The molecule has 1 rings (SSSR count). The number of unbranched alkanes of at least 4 members (excludes halogenated alkanes) is 26. The standard InChI is InChI=1S/C79H131NO8/c1-3-5-7-9-11-13-15-17-19-21-23-25-27-29-31-32-33-34-35-36-37-38-39-40-41-42-43-45-47-49-51-53-55-57-59-61-63-65-67-69-75(83)80-72(71-87-79-78(86)77(85)76(84)74(70-81)88-79)73(82)68-66-64-62-60-58-56-54-52-50-48-46-44-30-28-26-24-22-20-18-16-14-12-10-8-6-4-2/h5,7,11,13,17,19,23,25,29,31,33-34,36-37,39-40,42-43,47,49,53,55,58,60,66,68,72-74,76-79,81-82,84-86H,3-4,6,8-10,12,14-16,18,20-22,24,26-28,30,32,35,38,41,44-46,48,50-52,54,56-57,59,61-65,67,69-71H2,1-2H3,(H,80,83)/b7-5-,13-11-,19-17-,25-23-,31-29-,34-33-,37-36-,40-39-,43-42-,49-47-,55-53-,60-58+,68-66+. The van der Waals surface area contributed by atoms with Crippen molar-refractivity contribution in [3.63, 3.8) is 0 Å². The molecule has 9 nitrogen and oxygen atoms in total. The third-order valence-electron chi connectivity index (χ3n) is 15.8. The molecule has 1 aliphatic heterocycles. The lowest BCUT2D eigenvalue weighted by Crippen LogP contribution is -2.60. The smallest absolute Gasteiger partial charge is 0.220 e. The zero-order chi connectivity index (χ0) is 63.5. The van der Waals surface area contributed by atoms with E-state index in [0.717, 1.165) is 128 Å². The van der Waals surface area contributed by atoms with Crippen LogP contribution < -0.4 is 5.32 Å². The Morgan fingerprint density at radius 1 is 0.398 bits per heavy atom. The second-order valence-corrected chi connectivity index (χ2v) is 23.9. The third-order valence-corrected chi connectivity index (χ3v) is 15.8. The minimum absolute atomic E-state index is 0.210. The van der Waals surface area contributed by atoms with E-state index in [1.54, 1.807) is 6.08 Å². The molecule has 88 heavy (non-hydrogen) atoms. The van der Waals surface area contributed by atoms with Gasteiger partial charge in [0.25, 0.3) is 0 Å². The maximum absolute atomic E-state index is 13.1. The Bertz CT molecular complexity index is 1950. The lowest BCUT2D eigenvalue weighted by molar-refractivity contribution is -0.302. The highest BCUT2D eigenvalue weighted by atomic mass is 16.7. The van der Waals surface area contributed by atoms with Gasteiger partial charge in [-0.25, -0.2) is 0 Å². The fourth-order valence-corrected chi connectivity index (χ4v) is 10.3. The number of hydrogen-bond donors (Lipinski definition) is 6. The van der Waals surface area contributed by atoms with Crippen molar-refractivity contribution in [1.29, 1.82) is 0 Å². The zero-order valence-electron chi connectivity index (χ0n) is 55.9. The summed E-state index contributed by atoms with van der Waals surface area (Å²) in [6.45, 7) is 3.65. The molecule has 0 radical (unpaired) electrons. The van der Waals surface area contributed by atoms with Crippen LogP contribution in [0.3, 0.4) is 0 Å². The molecule has 0 saturated carbocycles. The first-order valence-corrected chi connectivity index (χ1v) is 35.7. The van der Waals surface area contributed by atoms with Gasteiger partial charge in [0, 0.05) is 6.42 Å². The normalized spacial score (nSPS) is 18.9. The molecule has 9 heteroatoms. The summed E-state index contributed by atoms with van der Waals surface area (Å²) in [6.07, 6.45) is 96.3. The molecule has 500 valence electrons. The van der Waals surface area contributed by atoms with Crippen LogP contribution in [0.2, 0.25) is 0 Å². The maximum Gasteiger partial charge on any atom is 0.220 e. The van der Waals surface area contributed by atoms with Crippen molar-refractivity contribution in [3.05, 3.63) is 158 Å². The Labute approximate surface area is 539 Å². The van der Waals surface area contributed by atoms with Gasteiger partial charge >= 0.3 is 0 Å². The molecule has 7 atom stereocenters. The molecule has 0 aromatic carbocycles. The number of rotatable bonds is 60. The molecule has 0 aromatic heterocycles. The quantitative estimate of drug-likeness (QED) is 0.0261. The number of amides is 1. The van der Waals surface area contributed by atoms with Crippen LogP contribution in [0, 0.1) is 0 Å². The van der Waals surface area contributed by atoms with Crippen molar-refractivity contribution in [3.8, 4) is 0 Å². The van der Waals surface area contributed by atoms with Gasteiger partial charge in [0.15, 0.2) is 6.29 Å². The number of allylic oxidation sites excluding steroid dienone is 25. The van der Waals surface area contributed by atoms with Crippen LogP contribution in [0.5, 0.6) is 0 Å². The Kier molecular flexibility index (Phi) is 61.1. The minimum atomic E-state index is -1.59. The van der Waals surface area contributed by atoms with E-state index in [2.05, 4.69) is 165 Å². The number of hydrogen-bond acceptors (Lipinski definition) is 8. The van der Waals surface area contributed by atoms with Gasteiger partial charge in [-0.05, 0) is 116 Å². The van der Waals surface area contributed by atoms with Gasteiger partial charge < -0.3 is 40.3 Å². The van der Waals surface area contributed by atoms with Crippen molar-refractivity contribution in [2.75, 3.05) is 13.2 Å². The second kappa shape index (κ2) is 65.8. The first kappa shape index (κ1) is 81.8. The van der Waals surface area contributed by atoms with Gasteiger partial charge in [-0.3, -0.25) is 4.79 Å². The Hall–Kier alpha value is -4.19. The molecule has 0 spiro atoms. The van der Waals surface area contributed by atoms with E-state index >= 15 is 0 Å². The molecular weight excluding hydrogens is 1090 g/mol. The van der Waals surface area contributed by atoms with E-state index in [-0.39, 0.29) is 12.5 Å². The largest absolute Gasteiger partial charge is 0.394 e. The van der Waals surface area contributed by atoms with E-state index in [1.165, 1.54) is 128 Å². The molecule has 1 aliphatic rings. The Balaban J connectivity index is 2.20. The summed E-state index contributed by atoms with van der Waals surface area (Å²) < 4.78 is 11.3. The zero-order valence-corrected chi connectivity index (χ0v) is 55.9. The maximum atomic E-state index is 13.1. The molecule has 0 bridgehead atoms. The molecule has 1 fully saturated rings. The molecule has 1 saturated heterocycles. The highest BCUT2D eigenvalue weighted by Gasteiger charge is 2.44. The van der Waals surface area contributed by atoms with Crippen LogP contribution in [-0.4, -0.2) is 87.5 Å². The fraction of sp³-hybridized carbons (Fsp3) is 0.658. The van der Waals surface area contributed by atoms with Crippen LogP contribution in [-0.2, 0) is 14.3 Å². The molecule has 1 heterocycles. The molecule has 1 amide bonds. The molecule has 0 aliphatic carbocycles. The van der Waals surface area contributed by atoms with Crippen molar-refractivity contribution in [1.82, 2.24) is 5.32 Å². The van der Waals surface area contributed by atoms with E-state index in [0.29, 0.717) is 6.42 Å². The summed E-state index contributed by atoms with van der Waals surface area (Å²) in [6, 6.07) is -0.846. The number of carbonyl (C=O) groups is 1. The van der Waals surface area contributed by atoms with E-state index in [9.17, 15) is 30.3 Å². The van der Waals surface area contributed by atoms with Crippen LogP contribution in [0.4, 0.5) is 0 Å². The number of nitrogens with one attached hydrogen (secondary N) is 1. The monoisotopic (exact) mass is 1220 g/mol. The van der Waals surface area contributed by atoms with Crippen molar-refractivity contribution >= 4 is 5.91 Å². The summed E-state index contributed by atoms with van der Waals surface area (Å²) in [5, 5.41) is 54.7.